The van der Waals surface area contributed by atoms with E-state index in [1.165, 1.54) is 38.5 Å². The predicted octanol–water partition coefficient (Wildman–Crippen LogP) is 2.65. The molecule has 0 aliphatic heterocycles. The third-order valence-electron chi connectivity index (χ3n) is 3.44. The largest absolute Gasteiger partial charge is 0.493 e. The Bertz CT molecular complexity index is 926. The van der Waals surface area contributed by atoms with Crippen LogP contribution in [0.2, 0.25) is 0 Å². The summed E-state index contributed by atoms with van der Waals surface area (Å²) >= 11 is 0. The Kier molecular flexibility index (Phi) is 5.17. The first-order valence-electron chi connectivity index (χ1n) is 6.98. The maximum atomic E-state index is 13.7. The molecule has 0 spiro atoms. The van der Waals surface area contributed by atoms with Crippen LogP contribution in [0, 0.1) is 12.7 Å². The van der Waals surface area contributed by atoms with Gasteiger partial charge >= 0.3 is 5.97 Å². The van der Waals surface area contributed by atoms with Gasteiger partial charge in [0, 0.05) is 6.07 Å². The molecule has 0 fully saturated rings. The monoisotopic (exact) mass is 369 g/mol. The van der Waals surface area contributed by atoms with Crippen LogP contribution in [-0.4, -0.2) is 33.7 Å². The molecule has 0 saturated carbocycles. The van der Waals surface area contributed by atoms with Gasteiger partial charge in [0.2, 0.25) is 0 Å². The Hall–Kier alpha value is -2.81. The molecule has 0 bridgehead atoms. The van der Waals surface area contributed by atoms with E-state index in [0.717, 1.165) is 6.07 Å². The van der Waals surface area contributed by atoms with Gasteiger partial charge in [0.25, 0.3) is 10.0 Å². The van der Waals surface area contributed by atoms with Crippen molar-refractivity contribution in [3.63, 3.8) is 0 Å². The molecule has 134 valence electrons. The third-order valence-corrected chi connectivity index (χ3v) is 4.95. The fourth-order valence-electron chi connectivity index (χ4n) is 2.28. The molecular weight excluding hydrogens is 353 g/mol. The summed E-state index contributed by atoms with van der Waals surface area (Å²) in [6.07, 6.45) is 0. The van der Waals surface area contributed by atoms with Crippen molar-refractivity contribution in [1.29, 1.82) is 0 Å². The number of benzene rings is 2. The van der Waals surface area contributed by atoms with Gasteiger partial charge in [-0.2, -0.15) is 0 Å². The van der Waals surface area contributed by atoms with E-state index in [0.29, 0.717) is 11.3 Å². The van der Waals surface area contributed by atoms with E-state index in [9.17, 15) is 17.6 Å². The molecule has 0 aliphatic rings. The molecule has 0 saturated heterocycles. The lowest BCUT2D eigenvalue weighted by Crippen LogP contribution is -2.17. The maximum absolute atomic E-state index is 13.7. The van der Waals surface area contributed by atoms with E-state index in [2.05, 4.69) is 4.72 Å². The second-order valence-corrected chi connectivity index (χ2v) is 6.70. The fraction of sp³-hybridized carbons (Fsp3) is 0.188. The number of carbonyl (C=O) groups is 1. The van der Waals surface area contributed by atoms with Crippen LogP contribution in [0.4, 0.5) is 10.1 Å². The number of carboxylic acids is 1. The number of aromatic carboxylic acids is 1. The summed E-state index contributed by atoms with van der Waals surface area (Å²) in [5.74, 6) is -2.10. The second-order valence-electron chi connectivity index (χ2n) is 5.05. The first kappa shape index (κ1) is 18.5. The van der Waals surface area contributed by atoms with Crippen LogP contribution in [0.1, 0.15) is 15.9 Å². The third kappa shape index (κ3) is 3.66. The predicted molar refractivity (Wildman–Crippen MR) is 88.5 cm³/mol. The molecule has 0 atom stereocenters. The molecular formula is C16H16FNO6S. The van der Waals surface area contributed by atoms with E-state index < -0.39 is 27.4 Å². The first-order valence-corrected chi connectivity index (χ1v) is 8.46. The van der Waals surface area contributed by atoms with Crippen molar-refractivity contribution in [3.8, 4) is 11.5 Å². The summed E-state index contributed by atoms with van der Waals surface area (Å²) in [5, 5.41) is 9.11. The number of rotatable bonds is 6. The van der Waals surface area contributed by atoms with Gasteiger partial charge in [0.1, 0.15) is 11.4 Å². The summed E-state index contributed by atoms with van der Waals surface area (Å²) in [6, 6.07) is 6.03. The lowest BCUT2D eigenvalue weighted by Gasteiger charge is -2.15. The number of anilines is 1. The lowest BCUT2D eigenvalue weighted by molar-refractivity contribution is 0.0693. The average molecular weight is 369 g/mol. The van der Waals surface area contributed by atoms with Crippen molar-refractivity contribution in [2.24, 2.45) is 0 Å². The molecule has 2 rings (SSSR count). The van der Waals surface area contributed by atoms with Crippen LogP contribution in [0.25, 0.3) is 0 Å². The number of hydrogen-bond donors (Lipinski definition) is 2. The van der Waals surface area contributed by atoms with Crippen LogP contribution >= 0.6 is 0 Å². The quantitative estimate of drug-likeness (QED) is 0.812. The van der Waals surface area contributed by atoms with Crippen molar-refractivity contribution in [2.75, 3.05) is 18.9 Å². The zero-order chi connectivity index (χ0) is 18.8. The van der Waals surface area contributed by atoms with Gasteiger partial charge in [0.05, 0.1) is 24.8 Å². The SMILES string of the molecule is COc1cc(C)c(S(=O)(=O)Nc2cccc(F)c2C(=O)O)cc1OC. The van der Waals surface area contributed by atoms with Crippen molar-refractivity contribution >= 4 is 21.7 Å². The highest BCUT2D eigenvalue weighted by atomic mass is 32.2. The van der Waals surface area contributed by atoms with Crippen molar-refractivity contribution < 1.29 is 32.2 Å². The molecule has 2 aromatic carbocycles. The molecule has 0 aliphatic carbocycles. The fourth-order valence-corrected chi connectivity index (χ4v) is 3.59. The second kappa shape index (κ2) is 6.98. The van der Waals surface area contributed by atoms with Gasteiger partial charge in [0.15, 0.2) is 11.5 Å². The van der Waals surface area contributed by atoms with Crippen LogP contribution in [0.15, 0.2) is 35.2 Å². The maximum Gasteiger partial charge on any atom is 0.340 e. The number of aryl methyl sites for hydroxylation is 1. The Balaban J connectivity index is 2.55. The molecule has 0 aromatic heterocycles. The van der Waals surface area contributed by atoms with Crippen LogP contribution < -0.4 is 14.2 Å². The Labute approximate surface area is 144 Å². The number of ether oxygens (including phenoxy) is 2. The van der Waals surface area contributed by atoms with Gasteiger partial charge in [-0.3, -0.25) is 4.72 Å². The van der Waals surface area contributed by atoms with E-state index in [-0.39, 0.29) is 16.3 Å². The summed E-state index contributed by atoms with van der Waals surface area (Å²) in [7, 11) is -1.42. The number of halogens is 1. The highest BCUT2D eigenvalue weighted by Crippen LogP contribution is 2.33. The molecule has 7 nitrogen and oxygen atoms in total. The van der Waals surface area contributed by atoms with Gasteiger partial charge in [-0.05, 0) is 30.7 Å². The highest BCUT2D eigenvalue weighted by Gasteiger charge is 2.24. The summed E-state index contributed by atoms with van der Waals surface area (Å²) in [5.41, 5.74) is -0.788. The number of nitrogens with one attached hydrogen (secondary N) is 1. The number of methoxy groups -OCH3 is 2. The van der Waals surface area contributed by atoms with Crippen molar-refractivity contribution in [3.05, 3.63) is 47.3 Å². The van der Waals surface area contributed by atoms with E-state index in [1.807, 2.05) is 0 Å². The minimum Gasteiger partial charge on any atom is -0.493 e. The first-order chi connectivity index (χ1) is 11.7. The van der Waals surface area contributed by atoms with Gasteiger partial charge < -0.3 is 14.6 Å². The summed E-state index contributed by atoms with van der Waals surface area (Å²) in [4.78, 5) is 11.1. The minimum atomic E-state index is -4.19. The van der Waals surface area contributed by atoms with Crippen LogP contribution in [0.5, 0.6) is 11.5 Å². The molecule has 0 radical (unpaired) electrons. The Morgan fingerprint density at radius 1 is 1.16 bits per heavy atom. The minimum absolute atomic E-state index is 0.147. The van der Waals surface area contributed by atoms with Crippen molar-refractivity contribution in [1.82, 2.24) is 0 Å². The standard InChI is InChI=1S/C16H16FNO6S/c1-9-7-12(23-2)13(24-3)8-14(9)25(21,22)18-11-6-4-5-10(17)15(11)16(19)20/h4-8,18H,1-3H3,(H,19,20). The van der Waals surface area contributed by atoms with Gasteiger partial charge in [-0.1, -0.05) is 6.07 Å². The number of hydrogen-bond acceptors (Lipinski definition) is 5. The van der Waals surface area contributed by atoms with Gasteiger partial charge in [-0.15, -0.1) is 0 Å². The van der Waals surface area contributed by atoms with E-state index in [4.69, 9.17) is 14.6 Å². The highest BCUT2D eigenvalue weighted by molar-refractivity contribution is 7.92. The van der Waals surface area contributed by atoms with E-state index in [1.54, 1.807) is 6.92 Å². The van der Waals surface area contributed by atoms with Crippen molar-refractivity contribution in [2.45, 2.75) is 11.8 Å². The smallest absolute Gasteiger partial charge is 0.340 e. The molecule has 0 unspecified atom stereocenters. The van der Waals surface area contributed by atoms with Crippen LogP contribution in [0.3, 0.4) is 0 Å². The molecule has 0 amide bonds. The summed E-state index contributed by atoms with van der Waals surface area (Å²) < 4.78 is 51.3. The average Bonchev–Trinajstić information content (AvgIpc) is 2.53. The van der Waals surface area contributed by atoms with Gasteiger partial charge in [-0.25, -0.2) is 17.6 Å². The van der Waals surface area contributed by atoms with E-state index >= 15 is 0 Å². The zero-order valence-corrected chi connectivity index (χ0v) is 14.5. The normalized spacial score (nSPS) is 11.0. The molecule has 0 heterocycles. The zero-order valence-electron chi connectivity index (χ0n) is 13.7. The Morgan fingerprint density at radius 3 is 2.32 bits per heavy atom. The molecule has 2 aromatic rings. The Morgan fingerprint density at radius 2 is 1.76 bits per heavy atom. The molecule has 9 heteroatoms. The lowest BCUT2D eigenvalue weighted by atomic mass is 10.2. The summed E-state index contributed by atoms with van der Waals surface area (Å²) in [6.45, 7) is 1.54. The number of sulfonamides is 1. The number of carboxylic acid groups (broad SMARTS) is 1. The van der Waals surface area contributed by atoms with Crippen LogP contribution in [-0.2, 0) is 10.0 Å². The molecule has 25 heavy (non-hydrogen) atoms. The molecule has 2 N–H and O–H groups in total. The topological polar surface area (TPSA) is 102 Å².